The predicted octanol–water partition coefficient (Wildman–Crippen LogP) is 3.09. The Morgan fingerprint density at radius 1 is 1.10 bits per heavy atom. The Balaban J connectivity index is 1.82. The van der Waals surface area contributed by atoms with Crippen LogP contribution in [-0.2, 0) is 4.79 Å². The van der Waals surface area contributed by atoms with Gasteiger partial charge in [-0.3, -0.25) is 14.2 Å². The number of likely N-dealkylation sites (N-methyl/N-ethyl adjacent to an activating group) is 1. The van der Waals surface area contributed by atoms with E-state index in [2.05, 4.69) is 15.6 Å². The lowest BCUT2D eigenvalue weighted by Crippen LogP contribution is -2.39. The van der Waals surface area contributed by atoms with Crippen LogP contribution in [0.3, 0.4) is 0 Å². The summed E-state index contributed by atoms with van der Waals surface area (Å²) >= 11 is 1.49. The fourth-order valence-corrected chi connectivity index (χ4v) is 3.29. The molecule has 0 aliphatic heterocycles. The van der Waals surface area contributed by atoms with Gasteiger partial charge in [0.25, 0.3) is 5.91 Å². The summed E-state index contributed by atoms with van der Waals surface area (Å²) < 4.78 is 28.7. The van der Waals surface area contributed by atoms with Gasteiger partial charge in [-0.15, -0.1) is 0 Å². The lowest BCUT2D eigenvalue weighted by Gasteiger charge is -2.18. The minimum atomic E-state index is -1.17. The van der Waals surface area contributed by atoms with Gasteiger partial charge in [-0.25, -0.2) is 13.8 Å². The summed E-state index contributed by atoms with van der Waals surface area (Å²) in [5, 5.41) is 5.78. The summed E-state index contributed by atoms with van der Waals surface area (Å²) in [6.45, 7) is 0. The summed E-state index contributed by atoms with van der Waals surface area (Å²) in [6.07, 6.45) is 5.41. The zero-order chi connectivity index (χ0) is 21.0. The molecule has 0 spiro atoms. The highest BCUT2D eigenvalue weighted by Crippen LogP contribution is 2.20. The van der Waals surface area contributed by atoms with Gasteiger partial charge in [0.05, 0.1) is 0 Å². The molecule has 9 heteroatoms. The van der Waals surface area contributed by atoms with E-state index in [0.29, 0.717) is 5.56 Å². The van der Waals surface area contributed by atoms with Gasteiger partial charge in [0.1, 0.15) is 6.04 Å². The topological polar surface area (TPSA) is 76.0 Å². The Morgan fingerprint density at radius 3 is 2.45 bits per heavy atom. The molecule has 2 amide bonds. The predicted molar refractivity (Wildman–Crippen MR) is 106 cm³/mol. The molecule has 0 aliphatic carbocycles. The molecule has 1 unspecified atom stereocenters. The van der Waals surface area contributed by atoms with Crippen LogP contribution in [0.1, 0.15) is 22.0 Å². The van der Waals surface area contributed by atoms with E-state index in [1.54, 1.807) is 30.5 Å². The third-order valence-electron chi connectivity index (χ3n) is 4.26. The molecule has 0 bridgehead atoms. The third kappa shape index (κ3) is 4.45. The van der Waals surface area contributed by atoms with Crippen LogP contribution in [0.15, 0.2) is 60.0 Å². The first-order chi connectivity index (χ1) is 13.9. The highest BCUT2D eigenvalue weighted by atomic mass is 32.2. The van der Waals surface area contributed by atoms with Crippen molar-refractivity contribution in [1.82, 2.24) is 20.2 Å². The number of amides is 2. The van der Waals surface area contributed by atoms with Crippen LogP contribution in [0.2, 0.25) is 0 Å². The number of hydrogen-bond donors (Lipinski definition) is 2. The van der Waals surface area contributed by atoms with E-state index in [0.717, 1.165) is 23.0 Å². The van der Waals surface area contributed by atoms with Gasteiger partial charge in [-0.05, 0) is 48.2 Å². The summed E-state index contributed by atoms with van der Waals surface area (Å²) in [6, 6.07) is 8.62. The molecule has 0 saturated heterocycles. The zero-order valence-electron chi connectivity index (χ0n) is 15.6. The number of hydrogen-bond acceptors (Lipinski definition) is 4. The third-order valence-corrected chi connectivity index (χ3v) is 4.93. The molecule has 1 aromatic heterocycles. The quantitative estimate of drug-likeness (QED) is 0.606. The number of carbonyl (C=O) groups is 2. The molecular weight excluding hydrogens is 398 g/mol. The van der Waals surface area contributed by atoms with Crippen molar-refractivity contribution in [3.63, 3.8) is 0 Å². The largest absolute Gasteiger partial charge is 0.357 e. The van der Waals surface area contributed by atoms with Gasteiger partial charge in [0.2, 0.25) is 5.91 Å². The molecule has 1 heterocycles. The average Bonchev–Trinajstić information content (AvgIpc) is 3.22. The van der Waals surface area contributed by atoms with E-state index in [1.165, 1.54) is 24.9 Å². The second kappa shape index (κ2) is 8.87. The maximum atomic E-state index is 13.6. The van der Waals surface area contributed by atoms with Crippen LogP contribution in [0.5, 0.6) is 0 Å². The zero-order valence-corrected chi connectivity index (χ0v) is 16.5. The highest BCUT2D eigenvalue weighted by molar-refractivity contribution is 7.98. The first-order valence-corrected chi connectivity index (χ1v) is 9.82. The van der Waals surface area contributed by atoms with E-state index >= 15 is 0 Å². The Bertz CT molecular complexity index is 1040. The minimum absolute atomic E-state index is 0.135. The number of rotatable bonds is 6. The summed E-state index contributed by atoms with van der Waals surface area (Å²) in [5.41, 5.74) is 1.28. The Kier molecular flexibility index (Phi) is 6.28. The molecule has 0 radical (unpaired) electrons. The van der Waals surface area contributed by atoms with Gasteiger partial charge in [-0.2, -0.15) is 0 Å². The molecule has 29 heavy (non-hydrogen) atoms. The van der Waals surface area contributed by atoms with Crippen LogP contribution < -0.4 is 10.6 Å². The highest BCUT2D eigenvalue weighted by Gasteiger charge is 2.23. The molecule has 2 aromatic carbocycles. The molecule has 0 saturated carbocycles. The molecule has 6 nitrogen and oxygen atoms in total. The van der Waals surface area contributed by atoms with Crippen LogP contribution in [0.4, 0.5) is 8.78 Å². The van der Waals surface area contributed by atoms with Gasteiger partial charge in [0, 0.05) is 30.7 Å². The van der Waals surface area contributed by atoms with Crippen LogP contribution >= 0.6 is 11.8 Å². The number of nitrogens with one attached hydrogen (secondary N) is 2. The SMILES string of the molecule is CNC(=O)C(NC(=O)c1ccc(-n2ccnc2SC)cc1)c1ccc(F)c(F)c1. The lowest BCUT2D eigenvalue weighted by atomic mass is 10.0. The van der Waals surface area contributed by atoms with Gasteiger partial charge < -0.3 is 10.6 Å². The molecule has 1 atom stereocenters. The molecule has 0 aliphatic rings. The maximum Gasteiger partial charge on any atom is 0.252 e. The Morgan fingerprint density at radius 2 is 1.83 bits per heavy atom. The molecular formula is C20H18F2N4O2S. The maximum absolute atomic E-state index is 13.6. The number of benzene rings is 2. The van der Waals surface area contributed by atoms with E-state index < -0.39 is 29.5 Å². The van der Waals surface area contributed by atoms with Crippen molar-refractivity contribution in [1.29, 1.82) is 0 Å². The minimum Gasteiger partial charge on any atom is -0.357 e. The second-order valence-electron chi connectivity index (χ2n) is 6.03. The molecule has 0 fully saturated rings. The van der Waals surface area contributed by atoms with Gasteiger partial charge in [-0.1, -0.05) is 17.8 Å². The number of carbonyl (C=O) groups excluding carboxylic acids is 2. The van der Waals surface area contributed by atoms with Crippen LogP contribution in [-0.4, -0.2) is 34.7 Å². The second-order valence-corrected chi connectivity index (χ2v) is 6.80. The molecule has 3 rings (SSSR count). The smallest absolute Gasteiger partial charge is 0.252 e. The van der Waals surface area contributed by atoms with E-state index in [-0.39, 0.29) is 5.56 Å². The first-order valence-electron chi connectivity index (χ1n) is 8.59. The number of aromatic nitrogens is 2. The van der Waals surface area contributed by atoms with Crippen molar-refractivity contribution in [2.24, 2.45) is 0 Å². The summed E-state index contributed by atoms with van der Waals surface area (Å²) in [7, 11) is 1.39. The fourth-order valence-electron chi connectivity index (χ4n) is 2.76. The van der Waals surface area contributed by atoms with Crippen LogP contribution in [0, 0.1) is 11.6 Å². The van der Waals surface area contributed by atoms with Crippen molar-refractivity contribution in [3.05, 3.63) is 77.6 Å². The normalized spacial score (nSPS) is 11.7. The number of imidazole rings is 1. The van der Waals surface area contributed by atoms with E-state index in [9.17, 15) is 18.4 Å². The van der Waals surface area contributed by atoms with Crippen molar-refractivity contribution in [2.45, 2.75) is 11.2 Å². The van der Waals surface area contributed by atoms with E-state index in [1.807, 2.05) is 17.0 Å². The number of thioether (sulfide) groups is 1. The molecule has 150 valence electrons. The average molecular weight is 416 g/mol. The van der Waals surface area contributed by atoms with Crippen LogP contribution in [0.25, 0.3) is 5.69 Å². The Labute approximate surface area is 170 Å². The molecule has 3 aromatic rings. The summed E-state index contributed by atoms with van der Waals surface area (Å²) in [4.78, 5) is 29.1. The van der Waals surface area contributed by atoms with Gasteiger partial charge in [0.15, 0.2) is 16.8 Å². The number of nitrogens with zero attached hydrogens (tertiary/aromatic N) is 2. The summed E-state index contributed by atoms with van der Waals surface area (Å²) in [5.74, 6) is -3.20. The van der Waals surface area contributed by atoms with Crippen molar-refractivity contribution >= 4 is 23.6 Å². The van der Waals surface area contributed by atoms with Crippen molar-refractivity contribution in [3.8, 4) is 5.69 Å². The molecule has 2 N–H and O–H groups in total. The lowest BCUT2D eigenvalue weighted by molar-refractivity contribution is -0.122. The van der Waals surface area contributed by atoms with Crippen molar-refractivity contribution in [2.75, 3.05) is 13.3 Å². The monoisotopic (exact) mass is 416 g/mol. The number of halogens is 2. The van der Waals surface area contributed by atoms with E-state index in [4.69, 9.17) is 0 Å². The van der Waals surface area contributed by atoms with Crippen molar-refractivity contribution < 1.29 is 18.4 Å². The fraction of sp³-hybridized carbons (Fsp3) is 0.150. The Hall–Kier alpha value is -3.20. The van der Waals surface area contributed by atoms with Gasteiger partial charge >= 0.3 is 0 Å². The standard InChI is InChI=1S/C20H18F2N4O2S/c1-23-19(28)17(13-5-8-15(21)16(22)11-13)25-18(27)12-3-6-14(7-4-12)26-10-9-24-20(26)29-2/h3-11,17H,1-2H3,(H,23,28)(H,25,27). The first kappa shape index (κ1) is 20.5.